The number of amides is 4. The highest BCUT2D eigenvalue weighted by Gasteiger charge is 2.60. The van der Waals surface area contributed by atoms with Crippen LogP contribution in [0.2, 0.25) is 0 Å². The molecule has 0 aliphatic carbocycles. The molecule has 2 heterocycles. The van der Waals surface area contributed by atoms with Crippen molar-refractivity contribution in [3.63, 3.8) is 0 Å². The van der Waals surface area contributed by atoms with E-state index in [-0.39, 0.29) is 23.9 Å². The van der Waals surface area contributed by atoms with Gasteiger partial charge in [-0.3, -0.25) is 30.3 Å². The summed E-state index contributed by atoms with van der Waals surface area (Å²) in [4.78, 5) is 50.4. The molecule has 0 radical (unpaired) electrons. The zero-order chi connectivity index (χ0) is 20.8. The molecule has 1 unspecified atom stereocenters. The zero-order valence-electron chi connectivity index (χ0n) is 16.3. The third kappa shape index (κ3) is 3.00. The molecule has 2 N–H and O–H groups in total. The molecule has 150 valence electrons. The largest absolute Gasteiger partial charge is 0.366 e. The maximum Gasteiger partial charge on any atom is 0.328 e. The number of nitrogens with zero attached hydrogens (tertiary/aromatic N) is 2. The maximum absolute atomic E-state index is 13.0. The van der Waals surface area contributed by atoms with Crippen LogP contribution in [0.5, 0.6) is 0 Å². The van der Waals surface area contributed by atoms with Gasteiger partial charge in [0, 0.05) is 30.8 Å². The maximum atomic E-state index is 13.0. The number of anilines is 1. The van der Waals surface area contributed by atoms with Crippen molar-refractivity contribution >= 4 is 29.2 Å². The minimum absolute atomic E-state index is 0.00754. The van der Waals surface area contributed by atoms with Crippen molar-refractivity contribution in [3.8, 4) is 0 Å². The van der Waals surface area contributed by atoms with Gasteiger partial charge < -0.3 is 4.90 Å². The number of nitro groups is 1. The van der Waals surface area contributed by atoms with Crippen molar-refractivity contribution in [2.75, 3.05) is 11.4 Å². The number of benzene rings is 1. The molecule has 1 aromatic rings. The molecule has 0 bridgehead atoms. The number of non-ortho nitro benzene ring substituents is 1. The second-order valence-electron chi connectivity index (χ2n) is 8.19. The van der Waals surface area contributed by atoms with E-state index in [1.165, 1.54) is 12.1 Å². The van der Waals surface area contributed by atoms with E-state index < -0.39 is 34.2 Å². The summed E-state index contributed by atoms with van der Waals surface area (Å²) in [6.45, 7) is 8.45. The summed E-state index contributed by atoms with van der Waals surface area (Å²) in [5.74, 6) is -1.20. The highest BCUT2D eigenvalue weighted by molar-refractivity contribution is 6.20. The molecule has 9 nitrogen and oxygen atoms in total. The van der Waals surface area contributed by atoms with Crippen LogP contribution in [0.3, 0.4) is 0 Å². The van der Waals surface area contributed by atoms with Crippen molar-refractivity contribution in [1.82, 2.24) is 10.6 Å². The summed E-state index contributed by atoms with van der Waals surface area (Å²) in [6.07, 6.45) is -0.00754. The second kappa shape index (κ2) is 6.88. The molecule has 9 heteroatoms. The van der Waals surface area contributed by atoms with Crippen LogP contribution in [-0.4, -0.2) is 35.4 Å². The summed E-state index contributed by atoms with van der Waals surface area (Å²) in [5, 5.41) is 15.7. The minimum Gasteiger partial charge on any atom is -0.366 e. The first-order valence-corrected chi connectivity index (χ1v) is 9.28. The van der Waals surface area contributed by atoms with Gasteiger partial charge in [-0.2, -0.15) is 0 Å². The summed E-state index contributed by atoms with van der Waals surface area (Å²) in [5.41, 5.74) is -0.319. The predicted molar refractivity (Wildman–Crippen MR) is 102 cm³/mol. The van der Waals surface area contributed by atoms with Crippen LogP contribution in [0.1, 0.15) is 33.3 Å². The van der Waals surface area contributed by atoms with Crippen molar-refractivity contribution in [2.24, 2.45) is 17.3 Å². The Morgan fingerprint density at radius 2 is 1.79 bits per heavy atom. The number of hydrogen-bond donors (Lipinski definition) is 2. The molecule has 0 aromatic heterocycles. The molecule has 1 saturated heterocycles. The average Bonchev–Trinajstić information content (AvgIpc) is 2.58. The van der Waals surface area contributed by atoms with Crippen molar-refractivity contribution < 1.29 is 19.3 Å². The normalized spacial score (nSPS) is 21.0. The number of barbiturate groups is 1. The van der Waals surface area contributed by atoms with E-state index in [1.807, 2.05) is 32.6 Å². The highest BCUT2D eigenvalue weighted by Crippen LogP contribution is 2.46. The van der Waals surface area contributed by atoms with E-state index in [0.717, 1.165) is 5.69 Å². The highest BCUT2D eigenvalue weighted by atomic mass is 16.6. The topological polar surface area (TPSA) is 122 Å². The van der Waals surface area contributed by atoms with Crippen LogP contribution in [-0.2, 0) is 16.0 Å². The van der Waals surface area contributed by atoms with Gasteiger partial charge in [0.1, 0.15) is 0 Å². The van der Waals surface area contributed by atoms with Crippen molar-refractivity contribution in [3.05, 3.63) is 33.9 Å². The Balaban J connectivity index is 2.25. The zero-order valence-corrected chi connectivity index (χ0v) is 16.3. The second-order valence-corrected chi connectivity index (χ2v) is 8.19. The van der Waals surface area contributed by atoms with E-state index >= 15 is 0 Å². The summed E-state index contributed by atoms with van der Waals surface area (Å²) in [6, 6.07) is 3.19. The Kier molecular flexibility index (Phi) is 4.86. The Morgan fingerprint density at radius 3 is 2.29 bits per heavy atom. The molecule has 0 saturated carbocycles. The number of carbonyl (C=O) groups excluding carboxylic acids is 3. The standard InChI is InChI=1S/C19H24N4O5/c1-10(2)9-22-14-6-5-13(23(27)28)7-12(14)8-19(15(22)11(3)4)16(24)20-18(26)21-17(19)25/h5-7,10-11,15H,8-9H2,1-4H3,(H2,20,21,24,25,26). The van der Waals surface area contributed by atoms with Crippen LogP contribution in [0.25, 0.3) is 0 Å². The fourth-order valence-electron chi connectivity index (χ4n) is 4.46. The van der Waals surface area contributed by atoms with Gasteiger partial charge in [-0.15, -0.1) is 0 Å². The van der Waals surface area contributed by atoms with Gasteiger partial charge in [-0.1, -0.05) is 27.7 Å². The summed E-state index contributed by atoms with van der Waals surface area (Å²) in [7, 11) is 0. The Bertz CT molecular complexity index is 844. The first kappa shape index (κ1) is 19.8. The molecule has 1 atom stereocenters. The lowest BCUT2D eigenvalue weighted by Gasteiger charge is -2.52. The number of carbonyl (C=O) groups is 3. The van der Waals surface area contributed by atoms with Gasteiger partial charge in [0.05, 0.1) is 11.0 Å². The van der Waals surface area contributed by atoms with Gasteiger partial charge >= 0.3 is 6.03 Å². The molecule has 1 fully saturated rings. The lowest BCUT2D eigenvalue weighted by molar-refractivity contribution is -0.384. The van der Waals surface area contributed by atoms with Gasteiger partial charge in [-0.05, 0) is 23.5 Å². The SMILES string of the molecule is CC(C)CN1c2ccc([N+](=O)[O-])cc2CC2(C(=O)NC(=O)NC2=O)C1C(C)C. The van der Waals surface area contributed by atoms with E-state index in [1.54, 1.807) is 6.07 Å². The molecule has 28 heavy (non-hydrogen) atoms. The molecule has 1 aromatic carbocycles. The molecular weight excluding hydrogens is 364 g/mol. The Labute approximate surface area is 162 Å². The van der Waals surface area contributed by atoms with Crippen LogP contribution >= 0.6 is 0 Å². The van der Waals surface area contributed by atoms with E-state index in [4.69, 9.17) is 0 Å². The number of nitrogens with one attached hydrogen (secondary N) is 2. The molecule has 2 aliphatic heterocycles. The molecule has 1 spiro atoms. The van der Waals surface area contributed by atoms with Gasteiger partial charge in [0.15, 0.2) is 5.41 Å². The molecule has 2 aliphatic rings. The number of hydrogen-bond acceptors (Lipinski definition) is 6. The van der Waals surface area contributed by atoms with Crippen molar-refractivity contribution in [1.29, 1.82) is 0 Å². The lowest BCUT2D eigenvalue weighted by atomic mass is 9.65. The first-order valence-electron chi connectivity index (χ1n) is 9.28. The van der Waals surface area contributed by atoms with Gasteiger partial charge in [0.2, 0.25) is 11.8 Å². The first-order chi connectivity index (χ1) is 13.1. The Hall–Kier alpha value is -2.97. The number of urea groups is 1. The summed E-state index contributed by atoms with van der Waals surface area (Å²) < 4.78 is 0. The average molecular weight is 388 g/mol. The quantitative estimate of drug-likeness (QED) is 0.462. The monoisotopic (exact) mass is 388 g/mol. The van der Waals surface area contributed by atoms with Crippen LogP contribution in [0, 0.1) is 27.4 Å². The third-order valence-electron chi connectivity index (χ3n) is 5.35. The van der Waals surface area contributed by atoms with E-state index in [0.29, 0.717) is 12.1 Å². The molecule has 3 rings (SSSR count). The van der Waals surface area contributed by atoms with Crippen LogP contribution < -0.4 is 15.5 Å². The smallest absolute Gasteiger partial charge is 0.328 e. The third-order valence-corrected chi connectivity index (χ3v) is 5.35. The van der Waals surface area contributed by atoms with Crippen LogP contribution in [0.15, 0.2) is 18.2 Å². The fourth-order valence-corrected chi connectivity index (χ4v) is 4.46. The summed E-state index contributed by atoms with van der Waals surface area (Å²) >= 11 is 0. The number of imide groups is 2. The van der Waals surface area contributed by atoms with E-state index in [9.17, 15) is 24.5 Å². The van der Waals surface area contributed by atoms with E-state index in [2.05, 4.69) is 10.6 Å². The number of fused-ring (bicyclic) bond motifs is 1. The Morgan fingerprint density at radius 1 is 1.18 bits per heavy atom. The van der Waals surface area contributed by atoms with Gasteiger partial charge in [0.25, 0.3) is 5.69 Å². The minimum atomic E-state index is -1.54. The predicted octanol–water partition coefficient (Wildman–Crippen LogP) is 1.99. The number of nitro benzene ring substituents is 1. The van der Waals surface area contributed by atoms with Crippen molar-refractivity contribution in [2.45, 2.75) is 40.2 Å². The number of rotatable bonds is 4. The fraction of sp³-hybridized carbons (Fsp3) is 0.526. The van der Waals surface area contributed by atoms with Crippen LogP contribution in [0.4, 0.5) is 16.2 Å². The molecule has 4 amide bonds. The lowest BCUT2D eigenvalue weighted by Crippen LogP contribution is -2.72. The molecular formula is C19H24N4O5. The van der Waals surface area contributed by atoms with Gasteiger partial charge in [-0.25, -0.2) is 4.79 Å².